The van der Waals surface area contributed by atoms with Gasteiger partial charge in [0, 0.05) is 25.2 Å². The number of rotatable bonds is 10. The van der Waals surface area contributed by atoms with Crippen LogP contribution in [0, 0.1) is 5.92 Å². The number of esters is 1. The van der Waals surface area contributed by atoms with Gasteiger partial charge in [-0.15, -0.1) is 0 Å². The normalized spacial score (nSPS) is 26.7. The Bertz CT molecular complexity index is 1020. The molecule has 0 N–H and O–H groups in total. The molecule has 0 spiro atoms. The Morgan fingerprint density at radius 2 is 1.51 bits per heavy atom. The van der Waals surface area contributed by atoms with Gasteiger partial charge in [-0.05, 0) is 37.0 Å². The standard InChI is InChI=1S/C32H42NO4/c34-28(14-11-23-36-29-15-7-4-8-16-29)24-33-21-17-26(18-22-33)30(25-33)37-31(35)32(19-9-1-2-10-20-32)27-12-5-3-6-13-27/h3-8,12-13,15-16,26,30H,1-2,9-11,14,17-25H2/q+1/t26?,30-,33?/m0/s1. The number of ketones is 1. The average molecular weight is 505 g/mol. The molecule has 1 saturated carbocycles. The van der Waals surface area contributed by atoms with Crippen LogP contribution < -0.4 is 4.74 Å². The van der Waals surface area contributed by atoms with Gasteiger partial charge in [0.1, 0.15) is 18.8 Å². The van der Waals surface area contributed by atoms with Crippen LogP contribution in [0.1, 0.15) is 69.8 Å². The topological polar surface area (TPSA) is 52.6 Å². The molecule has 198 valence electrons. The number of Topliss-reactive ketones (excluding diaryl/α,β-unsaturated/α-hetero) is 1. The second-order valence-electron chi connectivity index (χ2n) is 11.6. The van der Waals surface area contributed by atoms with Gasteiger partial charge in [-0.3, -0.25) is 9.59 Å². The van der Waals surface area contributed by atoms with Crippen molar-refractivity contribution in [2.75, 3.05) is 32.8 Å². The summed E-state index contributed by atoms with van der Waals surface area (Å²) in [5.74, 6) is 1.55. The summed E-state index contributed by atoms with van der Waals surface area (Å²) in [5, 5.41) is 0. The highest BCUT2D eigenvalue weighted by atomic mass is 16.5. The maximum Gasteiger partial charge on any atom is 0.317 e. The lowest BCUT2D eigenvalue weighted by Gasteiger charge is -2.52. The van der Waals surface area contributed by atoms with Gasteiger partial charge in [-0.1, -0.05) is 74.2 Å². The molecule has 3 heterocycles. The zero-order valence-corrected chi connectivity index (χ0v) is 22.1. The Hall–Kier alpha value is -2.66. The quantitative estimate of drug-likeness (QED) is 0.176. The van der Waals surface area contributed by atoms with Crippen LogP contribution >= 0.6 is 0 Å². The first-order valence-corrected chi connectivity index (χ1v) is 14.4. The van der Waals surface area contributed by atoms with Gasteiger partial charge in [0.15, 0.2) is 11.9 Å². The van der Waals surface area contributed by atoms with Gasteiger partial charge in [-0.25, -0.2) is 0 Å². The van der Waals surface area contributed by atoms with Crippen molar-refractivity contribution in [3.8, 4) is 5.75 Å². The summed E-state index contributed by atoms with van der Waals surface area (Å²) in [6.45, 7) is 3.94. The number of nitrogens with zero attached hydrogens (tertiary/aromatic N) is 1. The zero-order chi connectivity index (χ0) is 25.6. The van der Waals surface area contributed by atoms with Crippen molar-refractivity contribution in [3.05, 3.63) is 66.2 Å². The number of carbonyl (C=O) groups excluding carboxylic acids is 2. The van der Waals surface area contributed by atoms with E-state index in [1.54, 1.807) is 0 Å². The van der Waals surface area contributed by atoms with Gasteiger partial charge in [0.25, 0.3) is 0 Å². The molecule has 5 nitrogen and oxygen atoms in total. The van der Waals surface area contributed by atoms with Crippen LogP contribution in [0.2, 0.25) is 0 Å². The van der Waals surface area contributed by atoms with Crippen LogP contribution in [0.4, 0.5) is 0 Å². The average Bonchev–Trinajstić information content (AvgIpc) is 3.20. The molecule has 0 unspecified atom stereocenters. The molecule has 4 fully saturated rings. The Kier molecular flexibility index (Phi) is 8.29. The molecule has 0 aromatic heterocycles. The van der Waals surface area contributed by atoms with Gasteiger partial charge in [0.2, 0.25) is 0 Å². The fourth-order valence-electron chi connectivity index (χ4n) is 6.96. The smallest absolute Gasteiger partial charge is 0.317 e. The van der Waals surface area contributed by atoms with E-state index < -0.39 is 5.41 Å². The second-order valence-corrected chi connectivity index (χ2v) is 11.6. The predicted molar refractivity (Wildman–Crippen MR) is 144 cm³/mol. The van der Waals surface area contributed by atoms with Crippen molar-refractivity contribution in [2.24, 2.45) is 5.92 Å². The summed E-state index contributed by atoms with van der Waals surface area (Å²) < 4.78 is 13.0. The first-order valence-electron chi connectivity index (χ1n) is 14.4. The summed E-state index contributed by atoms with van der Waals surface area (Å²) in [6, 6.07) is 20.1. The molecule has 2 aromatic carbocycles. The first kappa shape index (κ1) is 26.0. The van der Waals surface area contributed by atoms with Crippen molar-refractivity contribution in [2.45, 2.75) is 75.7 Å². The fraction of sp³-hybridized carbons (Fsp3) is 0.562. The Balaban J connectivity index is 1.19. The maximum absolute atomic E-state index is 13.9. The predicted octanol–water partition coefficient (Wildman–Crippen LogP) is 5.86. The minimum atomic E-state index is -0.525. The lowest BCUT2D eigenvalue weighted by atomic mass is 9.74. The van der Waals surface area contributed by atoms with Crippen LogP contribution in [-0.2, 0) is 19.7 Å². The number of piperidine rings is 3. The number of hydrogen-bond acceptors (Lipinski definition) is 4. The highest BCUT2D eigenvalue weighted by Crippen LogP contribution is 2.42. The molecule has 2 aromatic rings. The van der Waals surface area contributed by atoms with Crippen molar-refractivity contribution in [3.63, 3.8) is 0 Å². The van der Waals surface area contributed by atoms with Crippen LogP contribution in [0.25, 0.3) is 0 Å². The Morgan fingerprint density at radius 3 is 2.19 bits per heavy atom. The molecule has 1 atom stereocenters. The van der Waals surface area contributed by atoms with Crippen LogP contribution in [-0.4, -0.2) is 55.1 Å². The number of para-hydroxylation sites is 1. The summed E-state index contributed by atoms with van der Waals surface area (Å²) in [6.07, 6.45) is 9.54. The molecule has 3 saturated heterocycles. The zero-order valence-electron chi connectivity index (χ0n) is 22.1. The minimum absolute atomic E-state index is 0.0260. The van der Waals surface area contributed by atoms with Crippen LogP contribution in [0.3, 0.4) is 0 Å². The number of carbonyl (C=O) groups is 2. The summed E-state index contributed by atoms with van der Waals surface area (Å²) in [5.41, 5.74) is 0.586. The molecule has 37 heavy (non-hydrogen) atoms. The minimum Gasteiger partial charge on any atom is -0.494 e. The van der Waals surface area contributed by atoms with Crippen LogP contribution in [0.5, 0.6) is 5.75 Å². The fourth-order valence-corrected chi connectivity index (χ4v) is 6.96. The van der Waals surface area contributed by atoms with E-state index in [2.05, 4.69) is 12.1 Å². The van der Waals surface area contributed by atoms with Crippen molar-refractivity contribution < 1.29 is 23.5 Å². The molecule has 0 radical (unpaired) electrons. The van der Waals surface area contributed by atoms with Gasteiger partial charge in [-0.2, -0.15) is 0 Å². The van der Waals surface area contributed by atoms with Gasteiger partial charge in [0.05, 0.1) is 25.1 Å². The largest absolute Gasteiger partial charge is 0.494 e. The second kappa shape index (κ2) is 11.8. The molecule has 2 bridgehead atoms. The summed E-state index contributed by atoms with van der Waals surface area (Å²) >= 11 is 0. The van der Waals surface area contributed by atoms with Crippen molar-refractivity contribution in [1.82, 2.24) is 0 Å². The monoisotopic (exact) mass is 504 g/mol. The number of hydrogen-bond donors (Lipinski definition) is 0. The lowest BCUT2D eigenvalue weighted by Crippen LogP contribution is -2.66. The number of benzene rings is 2. The van der Waals surface area contributed by atoms with Gasteiger partial charge >= 0.3 is 5.97 Å². The van der Waals surface area contributed by atoms with E-state index in [0.717, 1.165) is 80.4 Å². The highest BCUT2D eigenvalue weighted by molar-refractivity contribution is 5.83. The third-order valence-corrected chi connectivity index (χ3v) is 9.10. The van der Waals surface area contributed by atoms with Gasteiger partial charge < -0.3 is 14.0 Å². The number of fused-ring (bicyclic) bond motifs is 3. The highest BCUT2D eigenvalue weighted by Gasteiger charge is 2.50. The van der Waals surface area contributed by atoms with E-state index in [0.29, 0.717) is 31.3 Å². The van der Waals surface area contributed by atoms with E-state index >= 15 is 0 Å². The molecule has 5 heteroatoms. The maximum atomic E-state index is 13.9. The Labute approximate surface area is 221 Å². The molecular formula is C32H42NO4+. The summed E-state index contributed by atoms with van der Waals surface area (Å²) in [4.78, 5) is 26.9. The number of quaternary nitrogens is 1. The van der Waals surface area contributed by atoms with Crippen molar-refractivity contribution >= 4 is 11.8 Å². The third-order valence-electron chi connectivity index (χ3n) is 9.10. The SMILES string of the molecule is O=C(CCCOc1ccccc1)C[N+]12CCC(CC1)[C@@H](OC(=O)C1(c3ccccc3)CCCCCC1)C2. The summed E-state index contributed by atoms with van der Waals surface area (Å²) in [7, 11) is 0. The molecule has 1 aliphatic carbocycles. The van der Waals surface area contributed by atoms with E-state index in [4.69, 9.17) is 9.47 Å². The Morgan fingerprint density at radius 1 is 0.865 bits per heavy atom. The first-order chi connectivity index (χ1) is 18.1. The third kappa shape index (κ3) is 6.09. The van der Waals surface area contributed by atoms with Crippen molar-refractivity contribution in [1.29, 1.82) is 0 Å². The van der Waals surface area contributed by atoms with E-state index in [1.165, 1.54) is 12.8 Å². The van der Waals surface area contributed by atoms with E-state index in [9.17, 15) is 9.59 Å². The molecule has 3 aliphatic heterocycles. The molecule has 6 rings (SSSR count). The van der Waals surface area contributed by atoms with E-state index in [-0.39, 0.29) is 12.1 Å². The molecular weight excluding hydrogens is 462 g/mol. The lowest BCUT2D eigenvalue weighted by molar-refractivity contribution is -0.939. The number of ether oxygens (including phenoxy) is 2. The van der Waals surface area contributed by atoms with Crippen LogP contribution in [0.15, 0.2) is 60.7 Å². The molecule has 0 amide bonds. The molecule has 4 aliphatic rings. The van der Waals surface area contributed by atoms with E-state index in [1.807, 2.05) is 48.5 Å².